The minimum Gasteiger partial charge on any atom is -0.508 e. The van der Waals surface area contributed by atoms with Crippen molar-refractivity contribution in [2.75, 3.05) is 25.0 Å². The van der Waals surface area contributed by atoms with E-state index in [0.29, 0.717) is 31.5 Å². The Morgan fingerprint density at radius 3 is 2.75 bits per heavy atom. The Kier molecular flexibility index (Phi) is 4.71. The van der Waals surface area contributed by atoms with Gasteiger partial charge in [0.1, 0.15) is 5.75 Å². The maximum absolute atomic E-state index is 11.6. The average Bonchev–Trinajstić information content (AvgIpc) is 2.44. The maximum Gasteiger partial charge on any atom is 0.409 e. The van der Waals surface area contributed by atoms with E-state index in [-0.39, 0.29) is 6.09 Å². The quantitative estimate of drug-likeness (QED) is 0.835. The highest BCUT2D eigenvalue weighted by molar-refractivity contribution is 5.67. The Balaban J connectivity index is 1.85. The van der Waals surface area contributed by atoms with Gasteiger partial charge in [-0.05, 0) is 50.5 Å². The largest absolute Gasteiger partial charge is 0.508 e. The van der Waals surface area contributed by atoms with Crippen molar-refractivity contribution in [1.29, 1.82) is 0 Å². The van der Waals surface area contributed by atoms with E-state index in [9.17, 15) is 9.90 Å². The highest BCUT2D eigenvalue weighted by Crippen LogP contribution is 2.22. The predicted molar refractivity (Wildman–Crippen MR) is 78.1 cm³/mol. The lowest BCUT2D eigenvalue weighted by molar-refractivity contribution is 0.0983. The van der Waals surface area contributed by atoms with Crippen molar-refractivity contribution in [3.05, 3.63) is 23.8 Å². The molecule has 1 aromatic rings. The molecule has 1 amide bonds. The van der Waals surface area contributed by atoms with Crippen molar-refractivity contribution in [2.45, 2.75) is 32.7 Å². The van der Waals surface area contributed by atoms with E-state index >= 15 is 0 Å². The van der Waals surface area contributed by atoms with Crippen LogP contribution in [-0.4, -0.2) is 41.8 Å². The molecule has 5 nitrogen and oxygen atoms in total. The summed E-state index contributed by atoms with van der Waals surface area (Å²) in [5.41, 5.74) is 1.87. The molecule has 20 heavy (non-hydrogen) atoms. The number of likely N-dealkylation sites (tertiary alicyclic amines) is 1. The van der Waals surface area contributed by atoms with Gasteiger partial charge in [0.2, 0.25) is 0 Å². The molecule has 1 aliphatic rings. The highest BCUT2D eigenvalue weighted by atomic mass is 16.6. The van der Waals surface area contributed by atoms with E-state index in [1.54, 1.807) is 11.0 Å². The summed E-state index contributed by atoms with van der Waals surface area (Å²) in [6, 6.07) is 5.86. The number of rotatable bonds is 3. The standard InChI is InChI=1S/C15H22N2O3/c1-3-20-15(19)17-8-6-12(7-9-17)16-13-4-5-14(18)11(2)10-13/h4-5,10,12,16,18H,3,6-9H2,1-2H3. The number of hydrogen-bond donors (Lipinski definition) is 2. The summed E-state index contributed by atoms with van der Waals surface area (Å²) in [6.07, 6.45) is 1.59. The summed E-state index contributed by atoms with van der Waals surface area (Å²) in [5, 5.41) is 13.0. The van der Waals surface area contributed by atoms with Crippen molar-refractivity contribution in [2.24, 2.45) is 0 Å². The van der Waals surface area contributed by atoms with E-state index in [2.05, 4.69) is 5.32 Å². The number of nitrogens with one attached hydrogen (secondary N) is 1. The molecular weight excluding hydrogens is 256 g/mol. The molecule has 0 aromatic heterocycles. The number of nitrogens with zero attached hydrogens (tertiary/aromatic N) is 1. The number of carbonyl (C=O) groups is 1. The molecule has 0 unspecified atom stereocenters. The number of phenols is 1. The minimum atomic E-state index is -0.216. The smallest absolute Gasteiger partial charge is 0.409 e. The molecule has 1 aliphatic heterocycles. The molecule has 0 aliphatic carbocycles. The van der Waals surface area contributed by atoms with Crippen LogP contribution in [0.1, 0.15) is 25.3 Å². The van der Waals surface area contributed by atoms with Crippen LogP contribution in [0.25, 0.3) is 0 Å². The molecule has 0 spiro atoms. The zero-order valence-electron chi connectivity index (χ0n) is 12.1. The summed E-state index contributed by atoms with van der Waals surface area (Å²) in [7, 11) is 0. The van der Waals surface area contributed by atoms with Gasteiger partial charge < -0.3 is 20.1 Å². The Labute approximate surface area is 119 Å². The van der Waals surface area contributed by atoms with E-state index in [1.807, 2.05) is 26.0 Å². The lowest BCUT2D eigenvalue weighted by Crippen LogP contribution is -2.42. The number of benzene rings is 1. The van der Waals surface area contributed by atoms with E-state index in [0.717, 1.165) is 24.1 Å². The third kappa shape index (κ3) is 3.56. The first-order chi connectivity index (χ1) is 9.60. The van der Waals surface area contributed by atoms with Gasteiger partial charge in [0.25, 0.3) is 0 Å². The van der Waals surface area contributed by atoms with Gasteiger partial charge in [0, 0.05) is 24.8 Å². The van der Waals surface area contributed by atoms with Crippen LogP contribution in [0.5, 0.6) is 5.75 Å². The van der Waals surface area contributed by atoms with E-state index in [1.165, 1.54) is 0 Å². The van der Waals surface area contributed by atoms with Gasteiger partial charge in [-0.3, -0.25) is 0 Å². The Morgan fingerprint density at radius 2 is 2.15 bits per heavy atom. The predicted octanol–water partition coefficient (Wildman–Crippen LogP) is 2.73. The molecule has 0 bridgehead atoms. The normalized spacial score (nSPS) is 16.0. The van der Waals surface area contributed by atoms with Crippen LogP contribution >= 0.6 is 0 Å². The van der Waals surface area contributed by atoms with Gasteiger partial charge in [-0.25, -0.2) is 4.79 Å². The van der Waals surface area contributed by atoms with Crippen molar-refractivity contribution < 1.29 is 14.6 Å². The van der Waals surface area contributed by atoms with Crippen LogP contribution in [-0.2, 0) is 4.74 Å². The molecule has 1 fully saturated rings. The van der Waals surface area contributed by atoms with E-state index < -0.39 is 0 Å². The fourth-order valence-electron chi connectivity index (χ4n) is 2.40. The second kappa shape index (κ2) is 6.50. The number of anilines is 1. The molecule has 0 atom stereocenters. The van der Waals surface area contributed by atoms with Gasteiger partial charge in [0.15, 0.2) is 0 Å². The molecule has 0 saturated carbocycles. The van der Waals surface area contributed by atoms with Crippen LogP contribution in [0.2, 0.25) is 0 Å². The zero-order chi connectivity index (χ0) is 14.5. The van der Waals surface area contributed by atoms with Crippen molar-refractivity contribution in [3.8, 4) is 5.75 Å². The Hall–Kier alpha value is -1.91. The first-order valence-electron chi connectivity index (χ1n) is 7.08. The number of carbonyl (C=O) groups excluding carboxylic acids is 1. The van der Waals surface area contributed by atoms with Crippen LogP contribution in [0.15, 0.2) is 18.2 Å². The molecule has 1 aromatic carbocycles. The summed E-state index contributed by atoms with van der Waals surface area (Å²) >= 11 is 0. The summed E-state index contributed by atoms with van der Waals surface area (Å²) < 4.78 is 5.00. The second-order valence-electron chi connectivity index (χ2n) is 5.11. The van der Waals surface area contributed by atoms with Crippen LogP contribution in [0.4, 0.5) is 10.5 Å². The Morgan fingerprint density at radius 1 is 1.45 bits per heavy atom. The lowest BCUT2D eigenvalue weighted by atomic mass is 10.0. The molecule has 110 valence electrons. The maximum atomic E-state index is 11.6. The summed E-state index contributed by atoms with van der Waals surface area (Å²) in [4.78, 5) is 13.4. The molecule has 1 heterocycles. The number of ether oxygens (including phenoxy) is 1. The van der Waals surface area contributed by atoms with Crippen LogP contribution < -0.4 is 5.32 Å². The molecule has 5 heteroatoms. The molecular formula is C15H22N2O3. The van der Waals surface area contributed by atoms with Gasteiger partial charge in [-0.15, -0.1) is 0 Å². The molecule has 0 radical (unpaired) electrons. The number of piperidine rings is 1. The molecule has 2 N–H and O–H groups in total. The first kappa shape index (κ1) is 14.5. The van der Waals surface area contributed by atoms with Crippen molar-refractivity contribution in [1.82, 2.24) is 4.90 Å². The van der Waals surface area contributed by atoms with Crippen LogP contribution in [0, 0.1) is 6.92 Å². The lowest BCUT2D eigenvalue weighted by Gasteiger charge is -2.32. The number of aryl methyl sites for hydroxylation is 1. The molecule has 2 rings (SSSR count). The Bertz CT molecular complexity index is 468. The molecule has 1 saturated heterocycles. The second-order valence-corrected chi connectivity index (χ2v) is 5.11. The SMILES string of the molecule is CCOC(=O)N1CCC(Nc2ccc(O)c(C)c2)CC1. The van der Waals surface area contributed by atoms with Crippen molar-refractivity contribution >= 4 is 11.8 Å². The van der Waals surface area contributed by atoms with E-state index in [4.69, 9.17) is 4.74 Å². The third-order valence-corrected chi connectivity index (χ3v) is 3.59. The highest BCUT2D eigenvalue weighted by Gasteiger charge is 2.23. The zero-order valence-corrected chi connectivity index (χ0v) is 12.1. The fourth-order valence-corrected chi connectivity index (χ4v) is 2.40. The minimum absolute atomic E-state index is 0.216. The van der Waals surface area contributed by atoms with Gasteiger partial charge >= 0.3 is 6.09 Å². The third-order valence-electron chi connectivity index (χ3n) is 3.59. The average molecular weight is 278 g/mol. The van der Waals surface area contributed by atoms with Gasteiger partial charge in [-0.1, -0.05) is 0 Å². The van der Waals surface area contributed by atoms with Crippen molar-refractivity contribution in [3.63, 3.8) is 0 Å². The van der Waals surface area contributed by atoms with Gasteiger partial charge in [0.05, 0.1) is 6.61 Å². The number of phenolic OH excluding ortho intramolecular Hbond substituents is 1. The monoisotopic (exact) mass is 278 g/mol. The first-order valence-corrected chi connectivity index (χ1v) is 7.08. The van der Waals surface area contributed by atoms with Gasteiger partial charge in [-0.2, -0.15) is 0 Å². The summed E-state index contributed by atoms with van der Waals surface area (Å²) in [5.74, 6) is 0.313. The number of amides is 1. The number of hydrogen-bond acceptors (Lipinski definition) is 4. The summed E-state index contributed by atoms with van der Waals surface area (Å²) in [6.45, 7) is 5.55. The topological polar surface area (TPSA) is 61.8 Å². The number of aromatic hydroxyl groups is 1. The fraction of sp³-hybridized carbons (Fsp3) is 0.533. The van der Waals surface area contributed by atoms with Crippen LogP contribution in [0.3, 0.4) is 0 Å².